The molecule has 2 atom stereocenters. The molecule has 10 heteroatoms. The first-order chi connectivity index (χ1) is 21.5. The van der Waals surface area contributed by atoms with E-state index in [9.17, 15) is 9.59 Å². The van der Waals surface area contributed by atoms with Crippen LogP contribution in [0.4, 0.5) is 4.79 Å². The van der Waals surface area contributed by atoms with Crippen LogP contribution >= 0.6 is 27.5 Å². The number of amides is 3. The second-order valence-corrected chi connectivity index (χ2v) is 15.5. The van der Waals surface area contributed by atoms with Gasteiger partial charge in [0.05, 0.1) is 11.2 Å². The molecule has 1 aromatic carbocycles. The second-order valence-electron chi connectivity index (χ2n) is 14.1. The van der Waals surface area contributed by atoms with Crippen LogP contribution in [0, 0.1) is 11.8 Å². The predicted molar refractivity (Wildman–Crippen MR) is 182 cm³/mol. The first-order valence-corrected chi connectivity index (χ1v) is 18.0. The molecule has 2 aromatic rings. The summed E-state index contributed by atoms with van der Waals surface area (Å²) in [7, 11) is 0. The number of fused-ring (bicyclic) bond motifs is 2. The number of primary amides is 1. The van der Waals surface area contributed by atoms with E-state index in [-0.39, 0.29) is 23.5 Å². The Labute approximate surface area is 281 Å². The summed E-state index contributed by atoms with van der Waals surface area (Å²) in [6, 6.07) is 9.04. The van der Waals surface area contributed by atoms with Crippen LogP contribution in [0.3, 0.4) is 0 Å². The molecule has 0 bridgehead atoms. The number of likely N-dealkylation sites (tertiary alicyclic amines) is 2. The Morgan fingerprint density at radius 1 is 1.02 bits per heavy atom. The number of carbonyl (C=O) groups excluding carboxylic acids is 2. The van der Waals surface area contributed by atoms with Gasteiger partial charge in [0.25, 0.3) is 0 Å². The normalized spacial score (nSPS) is 25.6. The molecule has 0 saturated carbocycles. The van der Waals surface area contributed by atoms with E-state index >= 15 is 0 Å². The molecule has 2 N–H and O–H groups in total. The summed E-state index contributed by atoms with van der Waals surface area (Å²) in [4.78, 5) is 39.3. The Hall–Kier alpha value is -2.20. The molecule has 45 heavy (non-hydrogen) atoms. The molecule has 244 valence electrons. The number of piperazine rings is 1. The number of aryl methyl sites for hydroxylation is 2. The number of rotatable bonds is 5. The Morgan fingerprint density at radius 2 is 1.73 bits per heavy atom. The predicted octanol–water partition coefficient (Wildman–Crippen LogP) is 5.67. The third-order valence-electron chi connectivity index (χ3n) is 11.2. The monoisotopic (exact) mass is 698 g/mol. The molecule has 1 unspecified atom stereocenters. The number of nitrogens with two attached hydrogens (primary N) is 1. The number of benzene rings is 1. The fourth-order valence-electron chi connectivity index (χ4n) is 8.52. The summed E-state index contributed by atoms with van der Waals surface area (Å²) in [6.45, 7) is 12.8. The van der Waals surface area contributed by atoms with Crippen molar-refractivity contribution in [2.45, 2.75) is 83.3 Å². The summed E-state index contributed by atoms with van der Waals surface area (Å²) in [5.41, 5.74) is 10.3. The summed E-state index contributed by atoms with van der Waals surface area (Å²) >= 11 is 10.2. The van der Waals surface area contributed by atoms with Crippen LogP contribution in [0.2, 0.25) is 5.02 Å². The minimum atomic E-state index is -0.352. The van der Waals surface area contributed by atoms with Gasteiger partial charge >= 0.3 is 6.03 Å². The zero-order chi connectivity index (χ0) is 31.9. The average molecular weight is 700 g/mol. The van der Waals surface area contributed by atoms with E-state index in [2.05, 4.69) is 69.6 Å². The molecule has 1 aliphatic carbocycles. The largest absolute Gasteiger partial charge is 0.351 e. The quantitative estimate of drug-likeness (QED) is 0.435. The number of pyridine rings is 1. The molecule has 8 nitrogen and oxygen atoms in total. The van der Waals surface area contributed by atoms with E-state index in [4.69, 9.17) is 22.3 Å². The molecule has 3 amide bonds. The lowest BCUT2D eigenvalue weighted by molar-refractivity contribution is -0.139. The van der Waals surface area contributed by atoms with Gasteiger partial charge in [-0.2, -0.15) is 0 Å². The van der Waals surface area contributed by atoms with Gasteiger partial charge in [-0.15, -0.1) is 0 Å². The van der Waals surface area contributed by atoms with E-state index < -0.39 is 0 Å². The van der Waals surface area contributed by atoms with Crippen molar-refractivity contribution in [3.8, 4) is 0 Å². The Balaban J connectivity index is 1.12. The lowest BCUT2D eigenvalue weighted by Gasteiger charge is -2.50. The van der Waals surface area contributed by atoms with Gasteiger partial charge in [-0.25, -0.2) is 4.79 Å². The van der Waals surface area contributed by atoms with Gasteiger partial charge in [-0.1, -0.05) is 31.5 Å². The maximum Gasteiger partial charge on any atom is 0.314 e. The molecular formula is C35H48BrClN6O2. The Bertz CT molecular complexity index is 1350. The second kappa shape index (κ2) is 13.5. The highest BCUT2D eigenvalue weighted by Gasteiger charge is 2.44. The standard InChI is InChI=1S/C35H48BrClN6O2/c1-23(2)31-22-41(16-17-43(31)32(44)18-24-8-12-40(13-9-24)34(38)45)29-10-14-42(15-11-29)35(3)30-7-6-28(37)20-25(30)4-5-26-19-27(36)21-39-33(26)35/h6-7,19-21,23-24,29,31H,4-5,8-18,22H2,1-3H3,(H2,38,45)/t31-,35?/m1/s1. The molecule has 0 radical (unpaired) electrons. The Morgan fingerprint density at radius 3 is 2.42 bits per heavy atom. The maximum absolute atomic E-state index is 13.6. The van der Waals surface area contributed by atoms with Gasteiger partial charge in [-0.3, -0.25) is 19.6 Å². The van der Waals surface area contributed by atoms with Crippen molar-refractivity contribution < 1.29 is 9.59 Å². The number of carbonyl (C=O) groups is 2. The Kier molecular flexibility index (Phi) is 9.82. The van der Waals surface area contributed by atoms with Crippen molar-refractivity contribution in [2.75, 3.05) is 45.8 Å². The highest BCUT2D eigenvalue weighted by molar-refractivity contribution is 9.10. The van der Waals surface area contributed by atoms with Crippen LogP contribution < -0.4 is 5.73 Å². The molecule has 6 rings (SSSR count). The number of aromatic nitrogens is 1. The van der Waals surface area contributed by atoms with Gasteiger partial charge in [0.15, 0.2) is 0 Å². The van der Waals surface area contributed by atoms with Crippen LogP contribution in [0.15, 0.2) is 34.9 Å². The average Bonchev–Trinajstić information content (AvgIpc) is 3.15. The summed E-state index contributed by atoms with van der Waals surface area (Å²) in [5.74, 6) is 0.998. The minimum Gasteiger partial charge on any atom is -0.351 e. The molecule has 1 aromatic heterocycles. The van der Waals surface area contributed by atoms with Crippen molar-refractivity contribution in [1.82, 2.24) is 24.6 Å². The summed E-state index contributed by atoms with van der Waals surface area (Å²) in [6.07, 6.45) is 8.34. The van der Waals surface area contributed by atoms with Crippen molar-refractivity contribution in [2.24, 2.45) is 17.6 Å². The van der Waals surface area contributed by atoms with Gasteiger partial charge < -0.3 is 15.5 Å². The van der Waals surface area contributed by atoms with Crippen LogP contribution in [0.5, 0.6) is 0 Å². The summed E-state index contributed by atoms with van der Waals surface area (Å²) in [5, 5.41) is 0.792. The third-order valence-corrected chi connectivity index (χ3v) is 11.9. The first-order valence-electron chi connectivity index (χ1n) is 16.8. The van der Waals surface area contributed by atoms with E-state index in [0.717, 1.165) is 86.4 Å². The number of halogens is 2. The fourth-order valence-corrected chi connectivity index (χ4v) is 9.09. The number of piperidine rings is 2. The highest BCUT2D eigenvalue weighted by atomic mass is 79.9. The van der Waals surface area contributed by atoms with Gasteiger partial charge in [-0.05, 0) is 108 Å². The van der Waals surface area contributed by atoms with Crippen molar-refractivity contribution in [3.63, 3.8) is 0 Å². The van der Waals surface area contributed by atoms with E-state index in [0.29, 0.717) is 37.4 Å². The SMILES string of the molecule is CC(C)[C@H]1CN(C2CCN(C3(C)c4ccc(Cl)cc4CCc4cc(Br)cnc43)CC2)CCN1C(=O)CC1CCN(C(N)=O)CC1. The highest BCUT2D eigenvalue weighted by Crippen LogP contribution is 2.44. The van der Waals surface area contributed by atoms with E-state index in [1.165, 1.54) is 16.7 Å². The molecular weight excluding hydrogens is 652 g/mol. The number of nitrogens with zero attached hydrogens (tertiary/aromatic N) is 5. The first kappa shape index (κ1) is 32.7. The van der Waals surface area contributed by atoms with Crippen molar-refractivity contribution in [3.05, 3.63) is 62.3 Å². The van der Waals surface area contributed by atoms with Crippen molar-refractivity contribution >= 4 is 39.5 Å². The molecule has 3 fully saturated rings. The number of hydrogen-bond donors (Lipinski definition) is 1. The van der Waals surface area contributed by atoms with Crippen LogP contribution in [0.25, 0.3) is 0 Å². The number of hydrogen-bond acceptors (Lipinski definition) is 5. The van der Waals surface area contributed by atoms with Gasteiger partial charge in [0, 0.05) is 80.0 Å². The number of urea groups is 1. The molecule has 4 aliphatic rings. The van der Waals surface area contributed by atoms with E-state index in [1.54, 1.807) is 4.90 Å². The lowest BCUT2D eigenvalue weighted by atomic mass is 9.81. The van der Waals surface area contributed by atoms with E-state index in [1.807, 2.05) is 12.3 Å². The van der Waals surface area contributed by atoms with Crippen LogP contribution in [-0.4, -0.2) is 94.4 Å². The topological polar surface area (TPSA) is 86.0 Å². The fraction of sp³-hybridized carbons (Fsp3) is 0.629. The smallest absolute Gasteiger partial charge is 0.314 e. The minimum absolute atomic E-state index is 0.223. The van der Waals surface area contributed by atoms with Gasteiger partial charge in [0.1, 0.15) is 0 Å². The molecule has 3 aliphatic heterocycles. The zero-order valence-electron chi connectivity index (χ0n) is 27.0. The summed E-state index contributed by atoms with van der Waals surface area (Å²) < 4.78 is 1.03. The van der Waals surface area contributed by atoms with Gasteiger partial charge in [0.2, 0.25) is 5.91 Å². The lowest BCUT2D eigenvalue weighted by Crippen LogP contribution is -2.61. The van der Waals surface area contributed by atoms with Crippen molar-refractivity contribution in [1.29, 1.82) is 0 Å². The van der Waals surface area contributed by atoms with Crippen LogP contribution in [0.1, 0.15) is 75.3 Å². The molecule has 0 spiro atoms. The third kappa shape index (κ3) is 6.65. The van der Waals surface area contributed by atoms with Crippen LogP contribution in [-0.2, 0) is 23.2 Å². The molecule has 3 saturated heterocycles. The maximum atomic E-state index is 13.6. The molecule has 4 heterocycles. The zero-order valence-corrected chi connectivity index (χ0v) is 29.3.